The Morgan fingerprint density at radius 3 is 2.05 bits per heavy atom. The number of hydrogen-bond donors (Lipinski definition) is 1. The van der Waals surface area contributed by atoms with E-state index in [9.17, 15) is 28.8 Å². The number of rotatable bonds is 11. The van der Waals surface area contributed by atoms with E-state index in [1.54, 1.807) is 30.3 Å². The fourth-order valence-electron chi connectivity index (χ4n) is 4.17. The number of thioether (sulfide) groups is 1. The summed E-state index contributed by atoms with van der Waals surface area (Å²) in [5, 5.41) is -1.03. The Hall–Kier alpha value is -3.36. The molecule has 1 N–H and O–H groups in total. The number of carbonyl (C=O) groups excluding carboxylic acids is 6. The van der Waals surface area contributed by atoms with Crippen molar-refractivity contribution < 1.29 is 57.2 Å². The molecule has 0 radical (unpaired) electrons. The second kappa shape index (κ2) is 15.0. The molecule has 15 heteroatoms. The number of halogens is 1. The first kappa shape index (κ1) is 33.8. The van der Waals surface area contributed by atoms with Gasteiger partial charge in [-0.1, -0.05) is 29.8 Å². The highest BCUT2D eigenvalue weighted by Crippen LogP contribution is 2.46. The molecule has 0 unspecified atom stereocenters. The molecule has 226 valence electrons. The topological polar surface area (TPSA) is 170 Å². The molecule has 13 nitrogen and oxygen atoms in total. The van der Waals surface area contributed by atoms with Gasteiger partial charge in [0.1, 0.15) is 24.1 Å². The fourth-order valence-corrected chi connectivity index (χ4v) is 5.88. The molecule has 1 aliphatic heterocycles. The molecule has 1 aromatic rings. The van der Waals surface area contributed by atoms with Crippen LogP contribution in [0.5, 0.6) is 0 Å². The van der Waals surface area contributed by atoms with Crippen molar-refractivity contribution >= 4 is 59.1 Å². The molecule has 0 saturated carbocycles. The lowest BCUT2D eigenvalue weighted by molar-refractivity contribution is -0.223. The van der Waals surface area contributed by atoms with Crippen molar-refractivity contribution in [3.8, 4) is 0 Å². The van der Waals surface area contributed by atoms with Gasteiger partial charge in [0.2, 0.25) is 5.91 Å². The smallest absolute Gasteiger partial charge is 0.355 e. The van der Waals surface area contributed by atoms with Crippen molar-refractivity contribution in [3.63, 3.8) is 0 Å². The lowest BCUT2D eigenvalue weighted by atomic mass is 9.88. The van der Waals surface area contributed by atoms with Crippen molar-refractivity contribution in [2.24, 2.45) is 0 Å². The standard InChI is InChI=1S/C26H32ClNO12S/c1-13(29)28-20-22(21(38-16(4)32)19(37-15(3)31)12-36-14(2)30)40-26(27,25(34)35-6)24(23(20)39-17(5)33)41-18-10-8-7-9-11-18/h7-11,19-24H,12H2,1-6H3,(H,28,29)/t19-,20-,21+,22+,23+,24-,26-/m0/s1. The van der Waals surface area contributed by atoms with Gasteiger partial charge in [0.05, 0.1) is 13.2 Å². The zero-order valence-electron chi connectivity index (χ0n) is 23.2. The van der Waals surface area contributed by atoms with Crippen molar-refractivity contribution in [2.75, 3.05) is 13.7 Å². The van der Waals surface area contributed by atoms with Gasteiger partial charge in [0, 0.05) is 39.5 Å². The Balaban J connectivity index is 2.79. The molecule has 0 aromatic heterocycles. The summed E-state index contributed by atoms with van der Waals surface area (Å²) in [6.07, 6.45) is -6.16. The summed E-state index contributed by atoms with van der Waals surface area (Å²) in [6.45, 7) is 4.89. The van der Waals surface area contributed by atoms with Gasteiger partial charge in [-0.25, -0.2) is 4.79 Å². The third kappa shape index (κ3) is 9.33. The van der Waals surface area contributed by atoms with Crippen LogP contribution in [0.2, 0.25) is 0 Å². The number of benzene rings is 1. The minimum Gasteiger partial charge on any atom is -0.466 e. The first-order valence-electron chi connectivity index (χ1n) is 12.3. The Labute approximate surface area is 245 Å². The molecule has 1 fully saturated rings. The maximum absolute atomic E-state index is 13.2. The monoisotopic (exact) mass is 617 g/mol. The van der Waals surface area contributed by atoms with Gasteiger partial charge in [-0.3, -0.25) is 24.0 Å². The first-order valence-corrected chi connectivity index (χ1v) is 13.5. The molecule has 7 atom stereocenters. The van der Waals surface area contributed by atoms with Gasteiger partial charge < -0.3 is 33.7 Å². The van der Waals surface area contributed by atoms with E-state index in [2.05, 4.69) is 5.32 Å². The Bertz CT molecular complexity index is 1130. The maximum Gasteiger partial charge on any atom is 0.355 e. The average Bonchev–Trinajstić information content (AvgIpc) is 2.88. The van der Waals surface area contributed by atoms with Gasteiger partial charge in [-0.15, -0.1) is 11.8 Å². The predicted octanol–water partition coefficient (Wildman–Crippen LogP) is 1.52. The van der Waals surface area contributed by atoms with E-state index >= 15 is 0 Å². The van der Waals surface area contributed by atoms with Crippen LogP contribution < -0.4 is 5.32 Å². The number of amides is 1. The zero-order valence-corrected chi connectivity index (χ0v) is 24.8. The Kier molecular flexibility index (Phi) is 12.4. The van der Waals surface area contributed by atoms with Crippen LogP contribution in [-0.4, -0.2) is 90.2 Å². The highest BCUT2D eigenvalue weighted by atomic mass is 35.5. The Morgan fingerprint density at radius 1 is 0.951 bits per heavy atom. The summed E-state index contributed by atoms with van der Waals surface area (Å²) >= 11 is 7.89. The summed E-state index contributed by atoms with van der Waals surface area (Å²) in [6, 6.07) is 7.29. The van der Waals surface area contributed by atoms with E-state index in [0.717, 1.165) is 46.6 Å². The molecule has 0 spiro atoms. The highest BCUT2D eigenvalue weighted by Gasteiger charge is 2.63. The molecule has 0 aliphatic carbocycles. The third-order valence-corrected chi connectivity index (χ3v) is 7.59. The Morgan fingerprint density at radius 2 is 1.56 bits per heavy atom. The average molecular weight is 618 g/mol. The number of carbonyl (C=O) groups is 6. The van der Waals surface area contributed by atoms with Gasteiger partial charge in [-0.2, -0.15) is 0 Å². The van der Waals surface area contributed by atoms with Crippen molar-refractivity contribution in [1.82, 2.24) is 5.32 Å². The minimum absolute atomic E-state index is 0.594. The van der Waals surface area contributed by atoms with Crippen LogP contribution in [0, 0.1) is 0 Å². The van der Waals surface area contributed by atoms with Crippen molar-refractivity contribution in [3.05, 3.63) is 30.3 Å². The molecule has 0 bridgehead atoms. The van der Waals surface area contributed by atoms with E-state index in [0.29, 0.717) is 4.90 Å². The largest absolute Gasteiger partial charge is 0.466 e. The van der Waals surface area contributed by atoms with Crippen LogP contribution in [0.25, 0.3) is 0 Å². The van der Waals surface area contributed by atoms with Crippen LogP contribution in [0.1, 0.15) is 34.6 Å². The summed E-state index contributed by atoms with van der Waals surface area (Å²) in [4.78, 5) is 74.4. The predicted molar refractivity (Wildman–Crippen MR) is 142 cm³/mol. The molecule has 1 amide bonds. The summed E-state index contributed by atoms with van der Waals surface area (Å²) < 4.78 is 32.5. The second-order valence-electron chi connectivity index (χ2n) is 8.90. The summed E-state index contributed by atoms with van der Waals surface area (Å²) in [5.41, 5.74) is 0. The maximum atomic E-state index is 13.2. The fraction of sp³-hybridized carbons (Fsp3) is 0.538. The van der Waals surface area contributed by atoms with E-state index < -0.39 is 83.1 Å². The quantitative estimate of drug-likeness (QED) is 0.215. The lowest BCUT2D eigenvalue weighted by Gasteiger charge is -2.50. The first-order chi connectivity index (χ1) is 19.2. The number of esters is 5. The SMILES string of the molecule is COC(=O)[C@@]1(Cl)O[C@@H]([C@H](OC(C)=O)[C@H](COC(C)=O)OC(C)=O)[C@H](NC(C)=O)[C@@H](OC(C)=O)[C@@H]1Sc1ccccc1. The van der Waals surface area contributed by atoms with Crippen molar-refractivity contribution in [1.29, 1.82) is 0 Å². The number of nitrogens with one attached hydrogen (secondary N) is 1. The van der Waals surface area contributed by atoms with Gasteiger partial charge in [0.25, 0.3) is 5.06 Å². The number of ether oxygens (including phenoxy) is 6. The second-order valence-corrected chi connectivity index (χ2v) is 10.7. The van der Waals surface area contributed by atoms with E-state index in [4.69, 9.17) is 40.0 Å². The molecular weight excluding hydrogens is 586 g/mol. The third-order valence-electron chi connectivity index (χ3n) is 5.58. The van der Waals surface area contributed by atoms with Gasteiger partial charge in [-0.05, 0) is 12.1 Å². The summed E-state index contributed by atoms with van der Waals surface area (Å²) in [7, 11) is 1.06. The van der Waals surface area contributed by atoms with Crippen LogP contribution in [0.3, 0.4) is 0 Å². The molecule has 2 rings (SSSR count). The van der Waals surface area contributed by atoms with Gasteiger partial charge >= 0.3 is 29.8 Å². The molecule has 41 heavy (non-hydrogen) atoms. The molecular formula is C26H32ClNO12S. The minimum atomic E-state index is -2.41. The van der Waals surface area contributed by atoms with Gasteiger partial charge in [0.15, 0.2) is 12.2 Å². The van der Waals surface area contributed by atoms with Crippen LogP contribution >= 0.6 is 23.4 Å². The van der Waals surface area contributed by atoms with Crippen LogP contribution in [0.15, 0.2) is 35.2 Å². The van der Waals surface area contributed by atoms with Crippen molar-refractivity contribution in [2.45, 2.75) is 80.3 Å². The molecule has 1 aliphatic rings. The number of alkyl halides is 1. The van der Waals surface area contributed by atoms with E-state index in [1.807, 2.05) is 0 Å². The van der Waals surface area contributed by atoms with Crippen LogP contribution in [-0.2, 0) is 57.2 Å². The zero-order chi connectivity index (χ0) is 30.9. The van der Waals surface area contributed by atoms with E-state index in [1.165, 1.54) is 6.92 Å². The van der Waals surface area contributed by atoms with Crippen LogP contribution in [0.4, 0.5) is 0 Å². The number of hydrogen-bond acceptors (Lipinski definition) is 13. The summed E-state index contributed by atoms with van der Waals surface area (Å²) in [5.74, 6) is -4.98. The highest BCUT2D eigenvalue weighted by molar-refractivity contribution is 8.00. The lowest BCUT2D eigenvalue weighted by Crippen LogP contribution is -2.72. The molecule has 1 heterocycles. The molecule has 1 saturated heterocycles. The normalized spacial score (nSPS) is 25.0. The number of methoxy groups -OCH3 is 1. The molecule has 1 aromatic carbocycles. The van der Waals surface area contributed by atoms with E-state index in [-0.39, 0.29) is 0 Å².